The van der Waals surface area contributed by atoms with Gasteiger partial charge in [-0.1, -0.05) is 36.4 Å². The van der Waals surface area contributed by atoms with E-state index in [2.05, 4.69) is 10.6 Å². The van der Waals surface area contributed by atoms with Crippen molar-refractivity contribution in [3.8, 4) is 5.75 Å². The Labute approximate surface area is 150 Å². The molecule has 6 nitrogen and oxygen atoms in total. The molecule has 2 aromatic carbocycles. The zero-order chi connectivity index (χ0) is 18.5. The fourth-order valence-corrected chi connectivity index (χ4v) is 2.89. The van der Waals surface area contributed by atoms with Gasteiger partial charge < -0.3 is 20.1 Å². The highest BCUT2D eigenvalue weighted by Crippen LogP contribution is 2.28. The molecule has 2 N–H and O–H groups in total. The predicted molar refractivity (Wildman–Crippen MR) is 92.0 cm³/mol. The van der Waals surface area contributed by atoms with Crippen LogP contribution in [0, 0.1) is 5.82 Å². The number of hydrogen-bond donors (Lipinski definition) is 2. The second-order valence-corrected chi connectivity index (χ2v) is 5.96. The molecule has 1 aliphatic rings. The first-order chi connectivity index (χ1) is 12.6. The van der Waals surface area contributed by atoms with E-state index in [-0.39, 0.29) is 24.7 Å². The molecule has 0 aromatic heterocycles. The first-order valence-corrected chi connectivity index (χ1v) is 8.17. The molecule has 3 rings (SSSR count). The number of carbonyl (C=O) groups excluding carboxylic acids is 2. The minimum Gasteiger partial charge on any atom is -0.494 e. The molecule has 1 saturated heterocycles. The summed E-state index contributed by atoms with van der Waals surface area (Å²) in [6.45, 7) is 0.135. The zero-order valence-corrected chi connectivity index (χ0v) is 14.2. The number of alkyl carbamates (subject to hydrolysis) is 1. The number of benzene rings is 2. The Bertz CT molecular complexity index is 797. The Morgan fingerprint density at radius 3 is 2.77 bits per heavy atom. The third kappa shape index (κ3) is 4.11. The number of nitrogens with one attached hydrogen (secondary N) is 2. The molecule has 0 aliphatic carbocycles. The van der Waals surface area contributed by atoms with Gasteiger partial charge in [0.05, 0.1) is 19.2 Å². The quantitative estimate of drug-likeness (QED) is 0.862. The fourth-order valence-electron chi connectivity index (χ4n) is 2.89. The summed E-state index contributed by atoms with van der Waals surface area (Å²) in [4.78, 5) is 23.9. The van der Waals surface area contributed by atoms with E-state index in [0.29, 0.717) is 5.56 Å². The summed E-state index contributed by atoms with van der Waals surface area (Å²) in [6.07, 6.45) is -0.500. The van der Waals surface area contributed by atoms with Gasteiger partial charge in [0.2, 0.25) is 5.91 Å². The molecule has 0 bridgehead atoms. The van der Waals surface area contributed by atoms with Gasteiger partial charge in [0.15, 0.2) is 11.6 Å². The fraction of sp³-hybridized carbons (Fsp3) is 0.263. The van der Waals surface area contributed by atoms with Crippen LogP contribution in [-0.2, 0) is 16.1 Å². The molecule has 0 spiro atoms. The molecule has 2 unspecified atom stereocenters. The monoisotopic (exact) mass is 358 g/mol. The Balaban J connectivity index is 1.66. The highest BCUT2D eigenvalue weighted by atomic mass is 19.1. The largest absolute Gasteiger partial charge is 0.494 e. The Kier molecular flexibility index (Phi) is 5.36. The van der Waals surface area contributed by atoms with Crippen molar-refractivity contribution in [2.75, 3.05) is 7.11 Å². The van der Waals surface area contributed by atoms with Crippen molar-refractivity contribution in [2.24, 2.45) is 0 Å². The number of methoxy groups -OCH3 is 1. The molecular weight excluding hydrogens is 339 g/mol. The number of carbonyl (C=O) groups is 2. The number of halogens is 1. The summed E-state index contributed by atoms with van der Waals surface area (Å²) in [5.41, 5.74) is 1.51. The molecular formula is C19H19FN2O4. The van der Waals surface area contributed by atoms with Gasteiger partial charge in [-0.3, -0.25) is 4.79 Å². The molecule has 2 amide bonds. The van der Waals surface area contributed by atoms with Crippen molar-refractivity contribution >= 4 is 12.0 Å². The lowest BCUT2D eigenvalue weighted by Gasteiger charge is -2.21. The SMILES string of the molecule is COc1cc(C2NC(=O)CC2NC(=O)OCc2ccccc2)ccc1F. The van der Waals surface area contributed by atoms with E-state index in [1.54, 1.807) is 6.07 Å². The molecule has 2 atom stereocenters. The van der Waals surface area contributed by atoms with Gasteiger partial charge in [-0.25, -0.2) is 9.18 Å². The number of rotatable bonds is 5. The lowest BCUT2D eigenvalue weighted by atomic mass is 10.0. The molecule has 136 valence electrons. The minimum absolute atomic E-state index is 0.0778. The average Bonchev–Trinajstić information content (AvgIpc) is 3.01. The second-order valence-electron chi connectivity index (χ2n) is 5.96. The summed E-state index contributed by atoms with van der Waals surface area (Å²) in [7, 11) is 1.37. The van der Waals surface area contributed by atoms with Crippen molar-refractivity contribution in [1.29, 1.82) is 0 Å². The van der Waals surface area contributed by atoms with Gasteiger partial charge in [-0.05, 0) is 23.3 Å². The molecule has 1 heterocycles. The molecule has 7 heteroatoms. The van der Waals surface area contributed by atoms with Crippen molar-refractivity contribution in [3.63, 3.8) is 0 Å². The number of ether oxygens (including phenoxy) is 2. The summed E-state index contributed by atoms with van der Waals surface area (Å²) < 4.78 is 23.8. The third-order valence-corrected chi connectivity index (χ3v) is 4.17. The van der Waals surface area contributed by atoms with Crippen LogP contribution in [0.25, 0.3) is 0 Å². The van der Waals surface area contributed by atoms with E-state index < -0.39 is 24.0 Å². The second kappa shape index (κ2) is 7.86. The van der Waals surface area contributed by atoms with Crippen LogP contribution in [-0.4, -0.2) is 25.2 Å². The van der Waals surface area contributed by atoms with Gasteiger partial charge in [-0.2, -0.15) is 0 Å². The number of amides is 2. The summed E-state index contributed by atoms with van der Waals surface area (Å²) >= 11 is 0. The van der Waals surface area contributed by atoms with E-state index >= 15 is 0 Å². The van der Waals surface area contributed by atoms with Crippen molar-refractivity contribution in [3.05, 3.63) is 65.5 Å². The van der Waals surface area contributed by atoms with Crippen LogP contribution in [0.2, 0.25) is 0 Å². The minimum atomic E-state index is -0.616. The Morgan fingerprint density at radius 2 is 2.04 bits per heavy atom. The van der Waals surface area contributed by atoms with E-state index in [0.717, 1.165) is 5.56 Å². The van der Waals surface area contributed by atoms with E-state index in [9.17, 15) is 14.0 Å². The number of hydrogen-bond acceptors (Lipinski definition) is 4. The summed E-state index contributed by atoms with van der Waals surface area (Å²) in [5, 5.41) is 5.48. The van der Waals surface area contributed by atoms with Crippen LogP contribution in [0.4, 0.5) is 9.18 Å². The van der Waals surface area contributed by atoms with Crippen molar-refractivity contribution in [1.82, 2.24) is 10.6 Å². The third-order valence-electron chi connectivity index (χ3n) is 4.17. The molecule has 1 fully saturated rings. The van der Waals surface area contributed by atoms with E-state index in [1.807, 2.05) is 30.3 Å². The lowest BCUT2D eigenvalue weighted by Crippen LogP contribution is -2.38. The average molecular weight is 358 g/mol. The van der Waals surface area contributed by atoms with E-state index in [1.165, 1.54) is 19.2 Å². The summed E-state index contributed by atoms with van der Waals surface area (Å²) in [6, 6.07) is 12.6. The molecule has 0 saturated carbocycles. The molecule has 2 aromatic rings. The van der Waals surface area contributed by atoms with Gasteiger partial charge in [0, 0.05) is 6.42 Å². The predicted octanol–water partition coefficient (Wildman–Crippen LogP) is 2.69. The molecule has 1 aliphatic heterocycles. The Morgan fingerprint density at radius 1 is 1.27 bits per heavy atom. The van der Waals surface area contributed by atoms with Crippen LogP contribution in [0.15, 0.2) is 48.5 Å². The zero-order valence-electron chi connectivity index (χ0n) is 14.2. The highest BCUT2D eigenvalue weighted by molar-refractivity contribution is 5.81. The first kappa shape index (κ1) is 17.7. The smallest absolute Gasteiger partial charge is 0.407 e. The topological polar surface area (TPSA) is 76.7 Å². The first-order valence-electron chi connectivity index (χ1n) is 8.17. The maximum Gasteiger partial charge on any atom is 0.407 e. The van der Waals surface area contributed by atoms with Crippen LogP contribution in [0.5, 0.6) is 5.75 Å². The summed E-state index contributed by atoms with van der Waals surface area (Å²) in [5.74, 6) is -0.618. The molecule has 0 radical (unpaired) electrons. The highest BCUT2D eigenvalue weighted by Gasteiger charge is 2.35. The van der Waals surface area contributed by atoms with Gasteiger partial charge in [0.25, 0.3) is 0 Å². The normalized spacial score (nSPS) is 18.9. The van der Waals surface area contributed by atoms with E-state index in [4.69, 9.17) is 9.47 Å². The van der Waals surface area contributed by atoms with Crippen LogP contribution in [0.1, 0.15) is 23.6 Å². The van der Waals surface area contributed by atoms with Crippen LogP contribution < -0.4 is 15.4 Å². The maximum atomic E-state index is 13.6. The van der Waals surface area contributed by atoms with Crippen molar-refractivity contribution in [2.45, 2.75) is 25.1 Å². The Hall–Kier alpha value is -3.09. The van der Waals surface area contributed by atoms with Gasteiger partial charge in [0.1, 0.15) is 6.61 Å². The van der Waals surface area contributed by atoms with Gasteiger partial charge >= 0.3 is 6.09 Å². The lowest BCUT2D eigenvalue weighted by molar-refractivity contribution is -0.119. The molecule has 26 heavy (non-hydrogen) atoms. The van der Waals surface area contributed by atoms with Crippen molar-refractivity contribution < 1.29 is 23.5 Å². The van der Waals surface area contributed by atoms with Crippen LogP contribution in [0.3, 0.4) is 0 Å². The maximum absolute atomic E-state index is 13.6. The standard InChI is InChI=1S/C19H19FN2O4/c1-25-16-9-13(7-8-14(16)20)18-15(10-17(23)22-18)21-19(24)26-11-12-5-3-2-4-6-12/h2-9,15,18H,10-11H2,1H3,(H,21,24)(H,22,23). The van der Waals surface area contributed by atoms with Crippen LogP contribution >= 0.6 is 0 Å². The van der Waals surface area contributed by atoms with Gasteiger partial charge in [-0.15, -0.1) is 0 Å².